The van der Waals surface area contributed by atoms with Crippen LogP contribution in [-0.4, -0.2) is 47.6 Å². The van der Waals surface area contributed by atoms with Crippen molar-refractivity contribution in [2.24, 2.45) is 5.41 Å². The summed E-state index contributed by atoms with van der Waals surface area (Å²) in [6, 6.07) is 0. The van der Waals surface area contributed by atoms with Gasteiger partial charge in [-0.1, -0.05) is 6.92 Å². The first kappa shape index (κ1) is 15.0. The third kappa shape index (κ3) is 2.51. The summed E-state index contributed by atoms with van der Waals surface area (Å²) in [5.41, 5.74) is -1.56. The van der Waals surface area contributed by atoms with E-state index in [1.54, 1.807) is 20.9 Å². The number of carboxylic acids is 1. The molecule has 0 radical (unpaired) electrons. The fraction of sp³-hybridized carbons (Fsp3) is 0.846. The van der Waals surface area contributed by atoms with Gasteiger partial charge in [0.1, 0.15) is 5.54 Å². The molecule has 0 aromatic heterocycles. The van der Waals surface area contributed by atoms with Crippen molar-refractivity contribution >= 4 is 11.9 Å². The minimum Gasteiger partial charge on any atom is -0.480 e. The highest BCUT2D eigenvalue weighted by atomic mass is 16.4. The number of piperidine rings is 1. The number of nitrogens with zero attached hydrogens (tertiary/aromatic N) is 1. The molecule has 1 amide bonds. The summed E-state index contributed by atoms with van der Waals surface area (Å²) < 4.78 is 0. The Morgan fingerprint density at radius 3 is 2.22 bits per heavy atom. The van der Waals surface area contributed by atoms with Crippen molar-refractivity contribution in [1.29, 1.82) is 0 Å². The zero-order valence-corrected chi connectivity index (χ0v) is 11.7. The lowest BCUT2D eigenvalue weighted by molar-refractivity contribution is -0.161. The first-order valence-electron chi connectivity index (χ1n) is 6.50. The number of rotatable bonds is 4. The highest BCUT2D eigenvalue weighted by Crippen LogP contribution is 2.36. The monoisotopic (exact) mass is 256 g/mol. The van der Waals surface area contributed by atoms with Crippen molar-refractivity contribution in [3.63, 3.8) is 0 Å². The molecular weight excluding hydrogens is 232 g/mol. The van der Waals surface area contributed by atoms with Crippen LogP contribution in [0.2, 0.25) is 0 Å². The highest BCUT2D eigenvalue weighted by molar-refractivity contribution is 5.89. The number of carboxylic acid groups (broad SMARTS) is 1. The van der Waals surface area contributed by atoms with Crippen LogP contribution in [0.25, 0.3) is 0 Å². The lowest BCUT2D eigenvalue weighted by Crippen LogP contribution is -2.57. The van der Waals surface area contributed by atoms with Crippen LogP contribution in [0.3, 0.4) is 0 Å². The van der Waals surface area contributed by atoms with E-state index < -0.39 is 16.9 Å². The Hall–Kier alpha value is -1.10. The Kier molecular flexibility index (Phi) is 4.37. The number of carbonyl (C=O) groups is 2. The molecule has 1 rings (SSSR count). The minimum atomic E-state index is -1.16. The van der Waals surface area contributed by atoms with Gasteiger partial charge in [-0.3, -0.25) is 4.79 Å². The molecule has 1 fully saturated rings. The van der Waals surface area contributed by atoms with Gasteiger partial charge in [0.15, 0.2) is 0 Å². The van der Waals surface area contributed by atoms with E-state index in [0.717, 1.165) is 32.4 Å². The maximum atomic E-state index is 12.6. The SMILES string of the molecule is CCC1(C(=O)N(C)C(C)(C)C(=O)O)CCNCC1. The Labute approximate surface area is 109 Å². The Morgan fingerprint density at radius 1 is 1.33 bits per heavy atom. The number of carbonyl (C=O) groups excluding carboxylic acids is 1. The predicted octanol–water partition coefficient (Wildman–Crippen LogP) is 1.09. The fourth-order valence-electron chi connectivity index (χ4n) is 2.38. The Morgan fingerprint density at radius 2 is 1.83 bits per heavy atom. The average molecular weight is 256 g/mol. The summed E-state index contributed by atoms with van der Waals surface area (Å²) >= 11 is 0. The van der Waals surface area contributed by atoms with Crippen LogP contribution in [0.15, 0.2) is 0 Å². The third-order valence-corrected chi connectivity index (χ3v) is 4.36. The maximum absolute atomic E-state index is 12.6. The van der Waals surface area contributed by atoms with Crippen molar-refractivity contribution in [3.05, 3.63) is 0 Å². The fourth-order valence-corrected chi connectivity index (χ4v) is 2.38. The molecule has 0 spiro atoms. The Bertz CT molecular complexity index is 333. The van der Waals surface area contributed by atoms with Gasteiger partial charge < -0.3 is 15.3 Å². The molecule has 1 aliphatic rings. The standard InChI is InChI=1S/C13H24N2O3/c1-5-13(6-8-14-9-7-13)10(16)15(4)12(2,3)11(17)18/h14H,5-9H2,1-4H3,(H,17,18). The van der Waals surface area contributed by atoms with Gasteiger partial charge in [-0.25, -0.2) is 4.79 Å². The van der Waals surface area contributed by atoms with Crippen LogP contribution in [0.4, 0.5) is 0 Å². The Balaban J connectivity index is 2.94. The molecule has 0 atom stereocenters. The second-order valence-corrected chi connectivity index (χ2v) is 5.61. The smallest absolute Gasteiger partial charge is 0.329 e. The third-order valence-electron chi connectivity index (χ3n) is 4.36. The van der Waals surface area contributed by atoms with E-state index in [-0.39, 0.29) is 5.91 Å². The largest absolute Gasteiger partial charge is 0.480 e. The van der Waals surface area contributed by atoms with E-state index in [4.69, 9.17) is 0 Å². The summed E-state index contributed by atoms with van der Waals surface area (Å²) in [6.45, 7) is 6.78. The van der Waals surface area contributed by atoms with Crippen molar-refractivity contribution < 1.29 is 14.7 Å². The van der Waals surface area contributed by atoms with E-state index >= 15 is 0 Å². The first-order chi connectivity index (χ1) is 8.28. The summed E-state index contributed by atoms with van der Waals surface area (Å²) in [6.07, 6.45) is 2.32. The molecule has 0 aromatic carbocycles. The summed E-state index contributed by atoms with van der Waals surface area (Å²) in [7, 11) is 1.59. The molecule has 1 aliphatic heterocycles. The second-order valence-electron chi connectivity index (χ2n) is 5.61. The van der Waals surface area contributed by atoms with Crippen LogP contribution >= 0.6 is 0 Å². The molecule has 1 heterocycles. The van der Waals surface area contributed by atoms with E-state index in [2.05, 4.69) is 5.32 Å². The quantitative estimate of drug-likeness (QED) is 0.790. The number of likely N-dealkylation sites (N-methyl/N-ethyl adjacent to an activating group) is 1. The molecular formula is C13H24N2O3. The second kappa shape index (κ2) is 5.26. The van der Waals surface area contributed by atoms with Crippen LogP contribution in [0.1, 0.15) is 40.0 Å². The molecule has 0 aliphatic carbocycles. The van der Waals surface area contributed by atoms with Crippen molar-refractivity contribution in [3.8, 4) is 0 Å². The summed E-state index contributed by atoms with van der Waals surface area (Å²) in [5, 5.41) is 12.5. The van der Waals surface area contributed by atoms with E-state index in [1.165, 1.54) is 4.90 Å². The number of hydrogen-bond donors (Lipinski definition) is 2. The predicted molar refractivity (Wildman–Crippen MR) is 69.3 cm³/mol. The van der Waals surface area contributed by atoms with Gasteiger partial charge in [0.2, 0.25) is 5.91 Å². The average Bonchev–Trinajstić information content (AvgIpc) is 2.37. The number of aliphatic carboxylic acids is 1. The number of nitrogens with one attached hydrogen (secondary N) is 1. The van der Waals surface area contributed by atoms with Crippen LogP contribution in [0.5, 0.6) is 0 Å². The van der Waals surface area contributed by atoms with E-state index in [9.17, 15) is 14.7 Å². The van der Waals surface area contributed by atoms with Crippen molar-refractivity contribution in [2.75, 3.05) is 20.1 Å². The molecule has 0 aromatic rings. The molecule has 18 heavy (non-hydrogen) atoms. The first-order valence-corrected chi connectivity index (χ1v) is 6.50. The van der Waals surface area contributed by atoms with Crippen molar-refractivity contribution in [1.82, 2.24) is 10.2 Å². The molecule has 1 saturated heterocycles. The number of amides is 1. The highest BCUT2D eigenvalue weighted by Gasteiger charge is 2.45. The van der Waals surface area contributed by atoms with Gasteiger partial charge >= 0.3 is 5.97 Å². The molecule has 0 unspecified atom stereocenters. The van der Waals surface area contributed by atoms with Crippen LogP contribution in [-0.2, 0) is 9.59 Å². The van der Waals surface area contributed by atoms with E-state index in [0.29, 0.717) is 0 Å². The van der Waals surface area contributed by atoms with Crippen LogP contribution < -0.4 is 5.32 Å². The maximum Gasteiger partial charge on any atom is 0.329 e. The van der Waals surface area contributed by atoms with Gasteiger partial charge in [-0.2, -0.15) is 0 Å². The van der Waals surface area contributed by atoms with E-state index in [1.807, 2.05) is 6.92 Å². The van der Waals surface area contributed by atoms with Crippen LogP contribution in [0, 0.1) is 5.41 Å². The normalized spacial score (nSPS) is 19.3. The summed E-state index contributed by atoms with van der Waals surface area (Å²) in [4.78, 5) is 25.3. The van der Waals surface area contributed by atoms with Gasteiger partial charge in [0.25, 0.3) is 0 Å². The zero-order valence-electron chi connectivity index (χ0n) is 11.7. The van der Waals surface area contributed by atoms with Gasteiger partial charge in [-0.15, -0.1) is 0 Å². The topological polar surface area (TPSA) is 69.6 Å². The molecule has 0 saturated carbocycles. The zero-order chi connectivity index (χ0) is 14.0. The molecule has 104 valence electrons. The van der Waals surface area contributed by atoms with Crippen molar-refractivity contribution in [2.45, 2.75) is 45.6 Å². The van der Waals surface area contributed by atoms with Gasteiger partial charge in [0.05, 0.1) is 5.41 Å². The number of hydrogen-bond acceptors (Lipinski definition) is 3. The van der Waals surface area contributed by atoms with Gasteiger partial charge in [-0.05, 0) is 46.2 Å². The molecule has 0 bridgehead atoms. The molecule has 5 heteroatoms. The minimum absolute atomic E-state index is 0.0427. The molecule has 2 N–H and O–H groups in total. The lowest BCUT2D eigenvalue weighted by Gasteiger charge is -2.42. The lowest BCUT2D eigenvalue weighted by atomic mass is 9.75. The van der Waals surface area contributed by atoms with Gasteiger partial charge in [0, 0.05) is 7.05 Å². The molecule has 5 nitrogen and oxygen atoms in total. The summed E-state index contributed by atoms with van der Waals surface area (Å²) in [5.74, 6) is -1.02.